The second-order valence-electron chi connectivity index (χ2n) is 20.6. The van der Waals surface area contributed by atoms with Gasteiger partial charge in [0.15, 0.2) is 0 Å². The molecular weight excluding hydrogens is 1040 g/mol. The van der Waals surface area contributed by atoms with Gasteiger partial charge in [0.25, 0.3) is 0 Å². The predicted molar refractivity (Wildman–Crippen MR) is 251 cm³/mol. The number of fused-ring (bicyclic) bond motifs is 8. The van der Waals surface area contributed by atoms with Crippen molar-refractivity contribution in [3.8, 4) is 34.4 Å². The van der Waals surface area contributed by atoms with Crippen LogP contribution in [0.25, 0.3) is 33.4 Å². The summed E-state index contributed by atoms with van der Waals surface area (Å²) in [6, 6.07) is 8.06. The fourth-order valence-corrected chi connectivity index (χ4v) is 15.3. The Morgan fingerprint density at radius 2 is 1.90 bits per heavy atom. The van der Waals surface area contributed by atoms with Crippen LogP contribution in [0.2, 0.25) is 0 Å². The number of ketones is 1. The molecule has 70 heavy (non-hydrogen) atoms. The number of amides is 2. The van der Waals surface area contributed by atoms with E-state index in [9.17, 15) is 32.3 Å². The van der Waals surface area contributed by atoms with Crippen LogP contribution in [0.4, 0.5) is 13.2 Å². The van der Waals surface area contributed by atoms with Crippen LogP contribution in [0.3, 0.4) is 0 Å². The van der Waals surface area contributed by atoms with Crippen molar-refractivity contribution in [3.05, 3.63) is 58.2 Å². The van der Waals surface area contributed by atoms with E-state index in [-0.39, 0.29) is 65.1 Å². The molecular formula is C51H58F3IN7O7S-. The molecule has 6 aliphatic rings. The van der Waals surface area contributed by atoms with Gasteiger partial charge in [-0.15, -0.1) is 0 Å². The van der Waals surface area contributed by atoms with E-state index in [1.54, 1.807) is 42.5 Å². The summed E-state index contributed by atoms with van der Waals surface area (Å²) in [5.41, 5.74) is 5.74. The molecule has 3 aromatic heterocycles. The number of Topliss-reactive ketones (excluding diaryl/α,β-unsaturated/α-hetero) is 1. The molecule has 0 radical (unpaired) electrons. The summed E-state index contributed by atoms with van der Waals surface area (Å²) in [7, 11) is 1.56. The van der Waals surface area contributed by atoms with E-state index < -0.39 is 69.3 Å². The zero-order valence-corrected chi connectivity index (χ0v) is 42.9. The number of carbonyl (C=O) groups is 4. The number of thiazole rings is 1. The number of likely N-dealkylation sites (tertiary alicyclic amines) is 2. The van der Waals surface area contributed by atoms with E-state index in [0.29, 0.717) is 82.2 Å². The van der Waals surface area contributed by atoms with Crippen LogP contribution in [-0.4, -0.2) is 138 Å². The molecule has 374 valence electrons. The molecule has 4 saturated heterocycles. The molecule has 6 bridgehead atoms. The topological polar surface area (TPSA) is 148 Å². The Bertz CT molecular complexity index is 2770. The number of hydrogen-bond donors (Lipinski definition) is 1. The Kier molecular flexibility index (Phi) is 13.5. The maximum absolute atomic E-state index is 14.8. The van der Waals surface area contributed by atoms with Crippen LogP contribution in [-0.2, 0) is 46.4 Å². The summed E-state index contributed by atoms with van der Waals surface area (Å²) < 4.78 is 64.0. The molecule has 6 atom stereocenters. The van der Waals surface area contributed by atoms with Gasteiger partial charge >= 0.3 is 311 Å². The summed E-state index contributed by atoms with van der Waals surface area (Å²) in [5, 5.41) is 4.74. The van der Waals surface area contributed by atoms with E-state index in [1.807, 2.05) is 39.1 Å². The Balaban J connectivity index is 0.920. The van der Waals surface area contributed by atoms with E-state index in [2.05, 4.69) is 27.2 Å². The number of pyridine rings is 1. The van der Waals surface area contributed by atoms with Crippen LogP contribution in [0, 0.1) is 29.1 Å². The van der Waals surface area contributed by atoms with Crippen molar-refractivity contribution in [2.24, 2.45) is 17.3 Å². The molecule has 19 heteroatoms. The van der Waals surface area contributed by atoms with Gasteiger partial charge in [-0.3, -0.25) is 9.88 Å². The van der Waals surface area contributed by atoms with Gasteiger partial charge in [-0.25, -0.2) is 0 Å². The van der Waals surface area contributed by atoms with Gasteiger partial charge in [-0.1, -0.05) is 0 Å². The number of esters is 1. The average Bonchev–Trinajstić information content (AvgIpc) is 3.87. The van der Waals surface area contributed by atoms with Gasteiger partial charge < -0.3 is 4.74 Å². The number of alkyl halides is 5. The number of hydrogen-bond acceptors (Lipinski definition) is 12. The van der Waals surface area contributed by atoms with Crippen molar-refractivity contribution in [1.29, 1.82) is 0 Å². The molecule has 0 saturated carbocycles. The Morgan fingerprint density at radius 1 is 1.10 bits per heavy atom. The molecule has 14 nitrogen and oxygen atoms in total. The van der Waals surface area contributed by atoms with Crippen LogP contribution < -0.4 is 26.6 Å². The number of benzene rings is 1. The van der Waals surface area contributed by atoms with Gasteiger partial charge in [0.05, 0.1) is 5.69 Å². The molecule has 4 aromatic rings. The summed E-state index contributed by atoms with van der Waals surface area (Å²) in [4.78, 5) is 69.3. The first-order valence-electron chi connectivity index (χ1n) is 24.1. The van der Waals surface area contributed by atoms with E-state index in [1.165, 1.54) is 20.9 Å². The third-order valence-corrected chi connectivity index (χ3v) is 20.0. The quantitative estimate of drug-likeness (QED) is 0.114. The number of rotatable bonds is 9. The summed E-state index contributed by atoms with van der Waals surface area (Å²) in [5.74, 6) is 3.61. The Morgan fingerprint density at radius 3 is 2.61 bits per heavy atom. The molecule has 4 fully saturated rings. The number of cyclic esters (lactones) is 1. The van der Waals surface area contributed by atoms with Gasteiger partial charge in [-0.2, -0.15) is 13.2 Å². The van der Waals surface area contributed by atoms with Crippen LogP contribution in [0.15, 0.2) is 41.9 Å². The standard InChI is InChI=1S/C51H58F3IN7O7S/c1-49(2)28-69-48(66)35-10-7-19-62(58-35)47(65)32(34-23-55-43(34)38(63)14-20-68-30-24-59(25-30)40(64)13-15-50(3,4)60-17-8-18-60)22-39-57-36(26-70-39)29-11-12-37-33(21-29)41-42(49)46(67-5)44-31(9-6-16-56-44)45(41)61(37)27-51(52,53)54/h6,9,11-12,16,21,26,30,32,34-35,42-43,46,58H,7-8,10,14,17-20,22-25,27-28H2,1-5H3/q-1/t32?,34?,35-,42?,43?,46-/m0/s1. The van der Waals surface area contributed by atoms with Crippen molar-refractivity contribution in [1.82, 2.24) is 34.8 Å². The normalized spacial score (nSPS) is 26.1. The first-order chi connectivity index (χ1) is 33.4. The molecule has 2 amide bonds. The molecule has 4 unspecified atom stereocenters. The number of aromatic nitrogens is 3. The number of ether oxygens (including phenoxy) is 3. The van der Waals surface area contributed by atoms with E-state index in [0.717, 1.165) is 23.9 Å². The zero-order chi connectivity index (χ0) is 49.3. The number of nitrogens with one attached hydrogen (secondary N) is 1. The SMILES string of the molecule is CO[C@@H]1c2ncccc2-c2c3c4cc(ccc4n2CC(F)(F)F)-c2csc(n2)CC(C2C[I-]C2C(=O)CCOC2CN(C(=O)C#CC(C)(C)N4CCC4)C2)C(=O)N2CCC[C@H](N2)C(=O)OCC(C)(C)C31. The second kappa shape index (κ2) is 19.2. The fraction of sp³-hybridized carbons (Fsp3) is 0.569. The van der Waals surface area contributed by atoms with Crippen molar-refractivity contribution < 1.29 is 67.8 Å². The maximum atomic E-state index is 14.8. The van der Waals surface area contributed by atoms with E-state index >= 15 is 0 Å². The van der Waals surface area contributed by atoms with Gasteiger partial charge in [0.2, 0.25) is 0 Å². The minimum absolute atomic E-state index is 0.0691. The minimum atomic E-state index is -4.55. The number of nitrogens with zero attached hydrogens (tertiary/aromatic N) is 6. The van der Waals surface area contributed by atoms with Crippen LogP contribution >= 0.6 is 11.3 Å². The number of carbonyl (C=O) groups excluding carboxylic acids is 4. The first-order valence-corrected chi connectivity index (χ1v) is 27.7. The summed E-state index contributed by atoms with van der Waals surface area (Å²) >= 11 is 0.883. The Labute approximate surface area is 419 Å². The molecule has 0 spiro atoms. The van der Waals surface area contributed by atoms with E-state index in [4.69, 9.17) is 19.2 Å². The number of hydrazine groups is 1. The van der Waals surface area contributed by atoms with Crippen molar-refractivity contribution >= 4 is 45.8 Å². The molecule has 8 heterocycles. The van der Waals surface area contributed by atoms with Crippen molar-refractivity contribution in [3.63, 3.8) is 0 Å². The van der Waals surface area contributed by atoms with Crippen molar-refractivity contribution in [2.45, 2.75) is 106 Å². The molecule has 1 aliphatic carbocycles. The van der Waals surface area contributed by atoms with Crippen LogP contribution in [0.5, 0.6) is 0 Å². The second-order valence-corrected chi connectivity index (χ2v) is 24.6. The molecule has 1 N–H and O–H groups in total. The average molecular weight is 1100 g/mol. The third-order valence-electron chi connectivity index (χ3n) is 15.0. The third kappa shape index (κ3) is 9.41. The van der Waals surface area contributed by atoms with Crippen LogP contribution in [0.1, 0.15) is 81.7 Å². The number of halogens is 4. The molecule has 5 aliphatic heterocycles. The number of methoxy groups -OCH3 is 1. The van der Waals surface area contributed by atoms with Gasteiger partial charge in [0, 0.05) is 32.0 Å². The van der Waals surface area contributed by atoms with Gasteiger partial charge in [0.1, 0.15) is 12.6 Å². The summed E-state index contributed by atoms with van der Waals surface area (Å²) in [6.45, 7) is 9.98. The molecule has 1 aromatic carbocycles. The zero-order valence-electron chi connectivity index (χ0n) is 39.9. The summed E-state index contributed by atoms with van der Waals surface area (Å²) in [6.07, 6.45) is -1.22. The van der Waals surface area contributed by atoms with Gasteiger partial charge in [-0.05, 0) is 32.4 Å². The first kappa shape index (κ1) is 49.1. The van der Waals surface area contributed by atoms with Crippen molar-refractivity contribution in [2.75, 3.05) is 57.5 Å². The Hall–Kier alpha value is -4.46. The predicted octanol–water partition coefficient (Wildman–Crippen LogP) is 3.17. The fourth-order valence-electron chi connectivity index (χ4n) is 10.9. The monoisotopic (exact) mass is 1100 g/mol. The molecule has 10 rings (SSSR count).